The molecule has 0 bridgehead atoms. The van der Waals surface area contributed by atoms with E-state index in [1.807, 2.05) is 29.5 Å². The molecule has 2 aliphatic rings. The molecule has 24 heavy (non-hydrogen) atoms. The highest BCUT2D eigenvalue weighted by atomic mass is 16.5. The van der Waals surface area contributed by atoms with E-state index in [9.17, 15) is 9.59 Å². The van der Waals surface area contributed by atoms with E-state index in [1.165, 1.54) is 5.69 Å². The summed E-state index contributed by atoms with van der Waals surface area (Å²) in [6, 6.07) is 10.2. The third-order valence-electron chi connectivity index (χ3n) is 5.06. The van der Waals surface area contributed by atoms with Gasteiger partial charge in [-0.15, -0.1) is 0 Å². The van der Waals surface area contributed by atoms with Gasteiger partial charge in [-0.3, -0.25) is 14.8 Å². The van der Waals surface area contributed by atoms with Crippen LogP contribution in [0, 0.1) is 18.3 Å². The quantitative estimate of drug-likeness (QED) is 0.650. The second kappa shape index (κ2) is 7.66. The van der Waals surface area contributed by atoms with Crippen molar-refractivity contribution in [1.29, 1.82) is 0 Å². The van der Waals surface area contributed by atoms with Crippen molar-refractivity contribution in [2.75, 3.05) is 31.1 Å². The van der Waals surface area contributed by atoms with E-state index >= 15 is 0 Å². The highest BCUT2D eigenvalue weighted by Crippen LogP contribution is 2.31. The molecule has 2 amide bonds. The largest absolute Gasteiger partial charge is 0.368 e. The number of amides is 2. The van der Waals surface area contributed by atoms with Gasteiger partial charge < -0.3 is 9.80 Å². The fourth-order valence-corrected chi connectivity index (χ4v) is 3.69. The number of para-hydroxylation sites is 1. The molecule has 2 atom stereocenters. The number of anilines is 1. The Labute approximate surface area is 142 Å². The van der Waals surface area contributed by atoms with Crippen LogP contribution in [0.5, 0.6) is 0 Å². The van der Waals surface area contributed by atoms with Crippen LogP contribution in [-0.4, -0.2) is 48.1 Å². The monoisotopic (exact) mass is 330 g/mol. The predicted molar refractivity (Wildman–Crippen MR) is 90.3 cm³/mol. The summed E-state index contributed by atoms with van der Waals surface area (Å²) in [5.74, 6) is -1.19. The molecule has 0 spiro atoms. The summed E-state index contributed by atoms with van der Waals surface area (Å²) in [5, 5.41) is 8.91. The Morgan fingerprint density at radius 1 is 1.04 bits per heavy atom. The maximum absolute atomic E-state index is 12.9. The fourth-order valence-electron chi connectivity index (χ4n) is 3.69. The van der Waals surface area contributed by atoms with Gasteiger partial charge >= 0.3 is 0 Å². The first-order valence-electron chi connectivity index (χ1n) is 8.55. The molecule has 1 aromatic carbocycles. The zero-order valence-electron chi connectivity index (χ0n) is 13.7. The van der Waals surface area contributed by atoms with Crippen LogP contribution in [0.15, 0.2) is 30.3 Å². The number of hydroxylamine groups is 1. The van der Waals surface area contributed by atoms with Crippen molar-refractivity contribution in [3.05, 3.63) is 36.8 Å². The van der Waals surface area contributed by atoms with Crippen LogP contribution >= 0.6 is 0 Å². The molecule has 1 radical (unpaired) electrons. The zero-order valence-corrected chi connectivity index (χ0v) is 13.7. The topological polar surface area (TPSA) is 72.9 Å². The number of nitrogens with one attached hydrogen (secondary N) is 1. The van der Waals surface area contributed by atoms with Gasteiger partial charge in [0, 0.05) is 37.8 Å². The molecule has 1 saturated carbocycles. The maximum atomic E-state index is 12.9. The Kier molecular flexibility index (Phi) is 5.35. The second-order valence-corrected chi connectivity index (χ2v) is 6.44. The summed E-state index contributed by atoms with van der Waals surface area (Å²) < 4.78 is 0. The minimum absolute atomic E-state index is 0.0458. The Morgan fingerprint density at radius 2 is 1.75 bits per heavy atom. The normalized spacial score (nSPS) is 24.5. The average Bonchev–Trinajstić information content (AvgIpc) is 2.67. The zero-order chi connectivity index (χ0) is 16.9. The Balaban J connectivity index is 1.61. The van der Waals surface area contributed by atoms with E-state index in [0.29, 0.717) is 25.9 Å². The van der Waals surface area contributed by atoms with Crippen molar-refractivity contribution in [1.82, 2.24) is 10.4 Å². The predicted octanol–water partition coefficient (Wildman–Crippen LogP) is 1.46. The SMILES string of the molecule is O=C(NO)C1C[CH]CCC1C(=O)N1CCN(c2ccccc2)CC1. The van der Waals surface area contributed by atoms with Gasteiger partial charge in [-0.25, -0.2) is 5.48 Å². The van der Waals surface area contributed by atoms with Crippen molar-refractivity contribution in [2.24, 2.45) is 11.8 Å². The molecule has 129 valence electrons. The van der Waals surface area contributed by atoms with E-state index < -0.39 is 11.8 Å². The molecule has 1 aliphatic carbocycles. The number of rotatable bonds is 3. The van der Waals surface area contributed by atoms with E-state index in [4.69, 9.17) is 5.21 Å². The van der Waals surface area contributed by atoms with Crippen LogP contribution in [0.25, 0.3) is 0 Å². The van der Waals surface area contributed by atoms with Crippen LogP contribution in [0.4, 0.5) is 5.69 Å². The summed E-state index contributed by atoms with van der Waals surface area (Å²) >= 11 is 0. The molecule has 1 saturated heterocycles. The third kappa shape index (κ3) is 3.53. The molecule has 1 aliphatic heterocycles. The van der Waals surface area contributed by atoms with Crippen LogP contribution in [0.1, 0.15) is 19.3 Å². The van der Waals surface area contributed by atoms with Gasteiger partial charge in [0.05, 0.1) is 5.92 Å². The van der Waals surface area contributed by atoms with Crippen LogP contribution in [0.2, 0.25) is 0 Å². The molecule has 2 fully saturated rings. The van der Waals surface area contributed by atoms with E-state index in [2.05, 4.69) is 17.0 Å². The smallest absolute Gasteiger partial charge is 0.247 e. The Bertz CT molecular complexity index is 570. The molecule has 1 heterocycles. The summed E-state index contributed by atoms with van der Waals surface area (Å²) in [7, 11) is 0. The highest BCUT2D eigenvalue weighted by Gasteiger charge is 2.38. The van der Waals surface area contributed by atoms with E-state index in [-0.39, 0.29) is 11.8 Å². The number of benzene rings is 1. The van der Waals surface area contributed by atoms with Crippen molar-refractivity contribution in [3.8, 4) is 0 Å². The highest BCUT2D eigenvalue weighted by molar-refractivity contribution is 5.87. The number of carbonyl (C=O) groups is 2. The lowest BCUT2D eigenvalue weighted by Crippen LogP contribution is -2.52. The van der Waals surface area contributed by atoms with Crippen molar-refractivity contribution in [2.45, 2.75) is 19.3 Å². The van der Waals surface area contributed by atoms with E-state index in [1.54, 1.807) is 5.48 Å². The van der Waals surface area contributed by atoms with Crippen molar-refractivity contribution >= 4 is 17.5 Å². The molecular formula is C18H24N3O3. The van der Waals surface area contributed by atoms with Crippen LogP contribution in [-0.2, 0) is 9.59 Å². The molecule has 2 N–H and O–H groups in total. The fraction of sp³-hybridized carbons (Fsp3) is 0.500. The number of carbonyl (C=O) groups excluding carboxylic acids is 2. The first-order valence-corrected chi connectivity index (χ1v) is 8.55. The minimum Gasteiger partial charge on any atom is -0.368 e. The molecule has 0 aromatic heterocycles. The summed E-state index contributed by atoms with van der Waals surface area (Å²) in [5.41, 5.74) is 2.89. The second-order valence-electron chi connectivity index (χ2n) is 6.44. The Hall–Kier alpha value is -2.08. The van der Waals surface area contributed by atoms with Crippen LogP contribution < -0.4 is 10.4 Å². The standard InChI is InChI=1S/C18H24N3O3/c22-17(19-24)15-8-4-5-9-16(15)18(23)21-12-10-20(11-13-21)14-6-2-1-3-7-14/h1-4,6-7,15-16,24H,5,8-13H2,(H,19,22). The van der Waals surface area contributed by atoms with Gasteiger partial charge in [0.15, 0.2) is 0 Å². The summed E-state index contributed by atoms with van der Waals surface area (Å²) in [6.07, 6.45) is 4.09. The molecule has 6 nitrogen and oxygen atoms in total. The molecular weight excluding hydrogens is 306 g/mol. The Morgan fingerprint density at radius 3 is 2.42 bits per heavy atom. The van der Waals surface area contributed by atoms with Gasteiger partial charge in [0.1, 0.15) is 0 Å². The van der Waals surface area contributed by atoms with E-state index in [0.717, 1.165) is 19.5 Å². The average molecular weight is 330 g/mol. The third-order valence-corrected chi connectivity index (χ3v) is 5.06. The number of piperazine rings is 1. The summed E-state index contributed by atoms with van der Waals surface area (Å²) in [4.78, 5) is 28.8. The van der Waals surface area contributed by atoms with Crippen LogP contribution in [0.3, 0.4) is 0 Å². The van der Waals surface area contributed by atoms with Gasteiger partial charge in [-0.1, -0.05) is 18.2 Å². The lowest BCUT2D eigenvalue weighted by atomic mass is 9.78. The van der Waals surface area contributed by atoms with Crippen molar-refractivity contribution in [3.63, 3.8) is 0 Å². The molecule has 6 heteroatoms. The minimum atomic E-state index is -0.455. The first kappa shape index (κ1) is 16.8. The molecule has 1 aromatic rings. The lowest BCUT2D eigenvalue weighted by Gasteiger charge is -2.39. The number of hydrogen-bond acceptors (Lipinski definition) is 4. The lowest BCUT2D eigenvalue weighted by molar-refractivity contribution is -0.146. The van der Waals surface area contributed by atoms with Gasteiger partial charge in [-0.05, 0) is 37.8 Å². The molecule has 2 unspecified atom stereocenters. The first-order chi connectivity index (χ1) is 11.7. The summed E-state index contributed by atoms with van der Waals surface area (Å²) in [6.45, 7) is 2.93. The van der Waals surface area contributed by atoms with Gasteiger partial charge in [0.25, 0.3) is 0 Å². The van der Waals surface area contributed by atoms with Crippen molar-refractivity contribution < 1.29 is 14.8 Å². The van der Waals surface area contributed by atoms with Gasteiger partial charge in [-0.2, -0.15) is 0 Å². The number of nitrogens with zero attached hydrogens (tertiary/aromatic N) is 2. The number of hydrogen-bond donors (Lipinski definition) is 2. The molecule has 3 rings (SSSR count). The maximum Gasteiger partial charge on any atom is 0.247 e. The van der Waals surface area contributed by atoms with Gasteiger partial charge in [0.2, 0.25) is 11.8 Å².